The summed E-state index contributed by atoms with van der Waals surface area (Å²) in [7, 11) is 0. The Bertz CT molecular complexity index is 337. The summed E-state index contributed by atoms with van der Waals surface area (Å²) in [5.41, 5.74) is 6.92. The molecule has 0 aromatic carbocycles. The molecule has 94 valence electrons. The zero-order chi connectivity index (χ0) is 13.0. The summed E-state index contributed by atoms with van der Waals surface area (Å²) in [6, 6.07) is -0.490. The van der Waals surface area contributed by atoms with Gasteiger partial charge in [0.05, 0.1) is 12.5 Å². The zero-order valence-electron chi connectivity index (χ0n) is 9.80. The van der Waals surface area contributed by atoms with Crippen molar-refractivity contribution in [3.05, 3.63) is 0 Å². The van der Waals surface area contributed by atoms with Gasteiger partial charge >= 0.3 is 5.97 Å². The molecule has 1 rings (SSSR count). The quantitative estimate of drug-likeness (QED) is 0.574. The first-order valence-corrected chi connectivity index (χ1v) is 5.39. The number of nitrogens with one attached hydrogen (secondary N) is 1. The van der Waals surface area contributed by atoms with E-state index in [1.165, 1.54) is 0 Å². The van der Waals surface area contributed by atoms with Gasteiger partial charge in [-0.1, -0.05) is 13.8 Å². The van der Waals surface area contributed by atoms with Crippen LogP contribution in [0.5, 0.6) is 0 Å². The van der Waals surface area contributed by atoms with Gasteiger partial charge in [-0.15, -0.1) is 5.06 Å². The van der Waals surface area contributed by atoms with Crippen LogP contribution in [-0.4, -0.2) is 28.9 Å². The Kier molecular flexibility index (Phi) is 4.30. The van der Waals surface area contributed by atoms with Crippen molar-refractivity contribution in [2.75, 3.05) is 0 Å². The molecule has 1 unspecified atom stereocenters. The van der Waals surface area contributed by atoms with E-state index in [1.807, 2.05) is 13.8 Å². The second-order valence-corrected chi connectivity index (χ2v) is 4.19. The molecule has 0 bridgehead atoms. The molecule has 17 heavy (non-hydrogen) atoms. The van der Waals surface area contributed by atoms with Gasteiger partial charge in [-0.2, -0.15) is 5.11 Å². The van der Waals surface area contributed by atoms with Crippen LogP contribution in [0.3, 0.4) is 0 Å². The molecule has 1 saturated heterocycles. The number of rotatable bonds is 5. The van der Waals surface area contributed by atoms with Gasteiger partial charge in [0, 0.05) is 12.8 Å². The molecular formula is C10H15N3O4. The maximum atomic E-state index is 11.5. The summed E-state index contributed by atoms with van der Waals surface area (Å²) in [6.45, 7) is 3.64. The summed E-state index contributed by atoms with van der Waals surface area (Å²) in [5, 5.41) is 3.80. The van der Waals surface area contributed by atoms with Crippen molar-refractivity contribution < 1.29 is 19.2 Å². The Morgan fingerprint density at radius 2 is 1.94 bits per heavy atom. The number of amides is 2. The van der Waals surface area contributed by atoms with Crippen LogP contribution in [0.4, 0.5) is 0 Å². The van der Waals surface area contributed by atoms with Crippen molar-refractivity contribution in [1.29, 1.82) is 5.53 Å². The summed E-state index contributed by atoms with van der Waals surface area (Å²) in [4.78, 5) is 38.5. The van der Waals surface area contributed by atoms with Crippen LogP contribution in [0.15, 0.2) is 5.11 Å². The first-order valence-electron chi connectivity index (χ1n) is 5.39. The third kappa shape index (κ3) is 3.33. The van der Waals surface area contributed by atoms with Gasteiger partial charge in [-0.05, 0) is 5.92 Å². The minimum Gasteiger partial charge on any atom is -0.330 e. The van der Waals surface area contributed by atoms with E-state index in [0.29, 0.717) is 5.06 Å². The highest BCUT2D eigenvalue weighted by Gasteiger charge is 2.33. The first kappa shape index (κ1) is 13.3. The van der Waals surface area contributed by atoms with Gasteiger partial charge in [0.15, 0.2) is 0 Å². The second kappa shape index (κ2) is 5.51. The zero-order valence-corrected chi connectivity index (χ0v) is 9.80. The lowest BCUT2D eigenvalue weighted by Gasteiger charge is -2.16. The van der Waals surface area contributed by atoms with Crippen molar-refractivity contribution in [1.82, 2.24) is 5.06 Å². The molecule has 0 radical (unpaired) electrons. The first-order chi connectivity index (χ1) is 7.95. The fraction of sp³-hybridized carbons (Fsp3) is 0.700. The predicted molar refractivity (Wildman–Crippen MR) is 55.6 cm³/mol. The van der Waals surface area contributed by atoms with Crippen molar-refractivity contribution in [3.8, 4) is 0 Å². The standard InChI is InChI=1S/C10H15N3O4/c1-6(2)7(12-11)5-10(16)17-13-8(14)3-4-9(13)15/h6-7,11H,3-5H2,1-2H3. The molecule has 1 heterocycles. The van der Waals surface area contributed by atoms with E-state index in [1.54, 1.807) is 0 Å². The summed E-state index contributed by atoms with van der Waals surface area (Å²) in [5.74, 6) is -1.71. The molecule has 7 nitrogen and oxygen atoms in total. The predicted octanol–water partition coefficient (Wildman–Crippen LogP) is 1.04. The molecular weight excluding hydrogens is 226 g/mol. The van der Waals surface area contributed by atoms with E-state index in [4.69, 9.17) is 5.53 Å². The van der Waals surface area contributed by atoms with E-state index in [2.05, 4.69) is 9.95 Å². The van der Waals surface area contributed by atoms with E-state index in [9.17, 15) is 14.4 Å². The molecule has 0 aliphatic carbocycles. The van der Waals surface area contributed by atoms with Gasteiger partial charge < -0.3 is 4.84 Å². The number of carbonyl (C=O) groups is 3. The Balaban J connectivity index is 2.52. The Morgan fingerprint density at radius 3 is 2.35 bits per heavy atom. The van der Waals surface area contributed by atoms with Crippen molar-refractivity contribution >= 4 is 17.8 Å². The average Bonchev–Trinajstić information content (AvgIpc) is 2.57. The molecule has 2 amide bonds. The van der Waals surface area contributed by atoms with E-state index >= 15 is 0 Å². The number of nitrogens with zero attached hydrogens (tertiary/aromatic N) is 2. The fourth-order valence-corrected chi connectivity index (χ4v) is 1.40. The lowest BCUT2D eigenvalue weighted by molar-refractivity contribution is -0.197. The molecule has 1 atom stereocenters. The van der Waals surface area contributed by atoms with Crippen molar-refractivity contribution in [3.63, 3.8) is 0 Å². The Morgan fingerprint density at radius 1 is 1.41 bits per heavy atom. The number of hydrogen-bond donors (Lipinski definition) is 1. The number of imide groups is 1. The van der Waals surface area contributed by atoms with Crippen LogP contribution in [0.1, 0.15) is 33.1 Å². The third-order valence-corrected chi connectivity index (χ3v) is 2.51. The minimum atomic E-state index is -0.719. The monoisotopic (exact) mass is 241 g/mol. The highest BCUT2D eigenvalue weighted by Crippen LogP contribution is 2.15. The van der Waals surface area contributed by atoms with Crippen LogP contribution in [0.25, 0.3) is 0 Å². The third-order valence-electron chi connectivity index (χ3n) is 2.51. The van der Waals surface area contributed by atoms with Gasteiger partial charge in [0.2, 0.25) is 0 Å². The normalized spacial score (nSPS) is 17.5. The van der Waals surface area contributed by atoms with Gasteiger partial charge in [0.25, 0.3) is 11.8 Å². The number of carbonyl (C=O) groups excluding carboxylic acids is 3. The molecule has 1 aliphatic heterocycles. The molecule has 0 aromatic heterocycles. The SMILES string of the molecule is CC(C)C(CC(=O)ON1C(=O)CCC1=O)N=N. The van der Waals surface area contributed by atoms with Crippen LogP contribution >= 0.6 is 0 Å². The fourth-order valence-electron chi connectivity index (χ4n) is 1.40. The lowest BCUT2D eigenvalue weighted by atomic mass is 10.0. The van der Waals surface area contributed by atoms with E-state index in [-0.39, 0.29) is 25.2 Å². The van der Waals surface area contributed by atoms with Crippen LogP contribution in [-0.2, 0) is 19.2 Å². The van der Waals surface area contributed by atoms with Crippen molar-refractivity contribution in [2.24, 2.45) is 11.0 Å². The summed E-state index contributed by atoms with van der Waals surface area (Å²) >= 11 is 0. The smallest absolute Gasteiger partial charge is 0.330 e. The maximum absolute atomic E-state index is 11.5. The Hall–Kier alpha value is -1.79. The molecule has 0 spiro atoms. The molecule has 7 heteroatoms. The molecule has 1 N–H and O–H groups in total. The highest BCUT2D eigenvalue weighted by molar-refractivity contribution is 6.01. The van der Waals surface area contributed by atoms with Gasteiger partial charge in [0.1, 0.15) is 0 Å². The van der Waals surface area contributed by atoms with Crippen LogP contribution in [0.2, 0.25) is 0 Å². The number of hydroxylamine groups is 2. The highest BCUT2D eigenvalue weighted by atomic mass is 16.7. The maximum Gasteiger partial charge on any atom is 0.335 e. The summed E-state index contributed by atoms with van der Waals surface area (Å²) in [6.07, 6.45) is 0.0311. The summed E-state index contributed by atoms with van der Waals surface area (Å²) < 4.78 is 0. The second-order valence-electron chi connectivity index (χ2n) is 4.19. The van der Waals surface area contributed by atoms with Crippen LogP contribution < -0.4 is 0 Å². The molecule has 0 aromatic rings. The topological polar surface area (TPSA) is 99.9 Å². The van der Waals surface area contributed by atoms with Gasteiger partial charge in [-0.3, -0.25) is 9.59 Å². The van der Waals surface area contributed by atoms with Crippen molar-refractivity contribution in [2.45, 2.75) is 39.2 Å². The largest absolute Gasteiger partial charge is 0.335 e. The molecule has 0 saturated carbocycles. The minimum absolute atomic E-state index is 0.0185. The van der Waals surface area contributed by atoms with E-state index < -0.39 is 23.8 Å². The average molecular weight is 241 g/mol. The molecule has 1 fully saturated rings. The van der Waals surface area contributed by atoms with Crippen LogP contribution in [0, 0.1) is 11.4 Å². The lowest BCUT2D eigenvalue weighted by Crippen LogP contribution is -2.33. The number of hydrogen-bond acceptors (Lipinski definition) is 6. The van der Waals surface area contributed by atoms with E-state index in [0.717, 1.165) is 0 Å². The molecule has 1 aliphatic rings. The Labute approximate surface area is 98.6 Å². The van der Waals surface area contributed by atoms with Gasteiger partial charge in [-0.25, -0.2) is 10.3 Å².